The fourth-order valence-corrected chi connectivity index (χ4v) is 2.08. The lowest BCUT2D eigenvalue weighted by Crippen LogP contribution is -2.24. The number of amides is 2. The molecule has 25 heavy (non-hydrogen) atoms. The van der Waals surface area contributed by atoms with Crippen LogP contribution in [0.15, 0.2) is 55.3 Å². The molecule has 1 aromatic carbocycles. The number of para-hydroxylation sites is 2. The lowest BCUT2D eigenvalue weighted by atomic mass is 10.2. The Labute approximate surface area is 146 Å². The molecule has 0 saturated carbocycles. The van der Waals surface area contributed by atoms with Gasteiger partial charge in [0.05, 0.1) is 11.8 Å². The molecular formula is C19H21N3O3. The molecule has 0 aliphatic heterocycles. The van der Waals surface area contributed by atoms with Gasteiger partial charge in [-0.05, 0) is 38.1 Å². The maximum absolute atomic E-state index is 12.5. The summed E-state index contributed by atoms with van der Waals surface area (Å²) >= 11 is 0. The Kier molecular flexibility index (Phi) is 6.28. The van der Waals surface area contributed by atoms with Crippen molar-refractivity contribution < 1.29 is 14.3 Å². The van der Waals surface area contributed by atoms with Crippen LogP contribution in [0.25, 0.3) is 0 Å². The Morgan fingerprint density at radius 1 is 1.24 bits per heavy atom. The first-order valence-electron chi connectivity index (χ1n) is 7.93. The molecule has 0 aliphatic rings. The first-order valence-corrected chi connectivity index (χ1v) is 7.93. The highest BCUT2D eigenvalue weighted by molar-refractivity contribution is 6.05. The Bertz CT molecular complexity index is 772. The van der Waals surface area contributed by atoms with Crippen molar-refractivity contribution in [2.75, 3.05) is 11.9 Å². The van der Waals surface area contributed by atoms with E-state index in [2.05, 4.69) is 22.2 Å². The predicted octanol–water partition coefficient (Wildman–Crippen LogP) is 3.04. The minimum Gasteiger partial charge on any atom is -0.489 e. The first-order chi connectivity index (χ1) is 12.0. The van der Waals surface area contributed by atoms with Crippen molar-refractivity contribution in [2.45, 2.75) is 20.0 Å². The fourth-order valence-electron chi connectivity index (χ4n) is 2.08. The molecule has 1 heterocycles. The quantitative estimate of drug-likeness (QED) is 0.760. The summed E-state index contributed by atoms with van der Waals surface area (Å²) < 4.78 is 5.68. The Balaban J connectivity index is 2.16. The lowest BCUT2D eigenvalue weighted by molar-refractivity contribution is 0.0958. The zero-order chi connectivity index (χ0) is 18.2. The molecule has 2 rings (SSSR count). The van der Waals surface area contributed by atoms with Gasteiger partial charge >= 0.3 is 0 Å². The second-order valence-corrected chi connectivity index (χ2v) is 5.55. The maximum atomic E-state index is 12.5. The van der Waals surface area contributed by atoms with E-state index in [9.17, 15) is 9.59 Å². The van der Waals surface area contributed by atoms with Crippen molar-refractivity contribution in [3.8, 4) is 5.75 Å². The van der Waals surface area contributed by atoms with Gasteiger partial charge in [0.15, 0.2) is 0 Å². The second kappa shape index (κ2) is 8.63. The molecule has 2 amide bonds. The number of benzene rings is 1. The van der Waals surface area contributed by atoms with Gasteiger partial charge in [0, 0.05) is 18.3 Å². The van der Waals surface area contributed by atoms with Crippen molar-refractivity contribution in [1.29, 1.82) is 0 Å². The number of ether oxygens (including phenoxy) is 1. The molecule has 0 unspecified atom stereocenters. The van der Waals surface area contributed by atoms with Crippen LogP contribution < -0.4 is 15.4 Å². The molecule has 6 heteroatoms. The zero-order valence-electron chi connectivity index (χ0n) is 14.3. The van der Waals surface area contributed by atoms with Crippen LogP contribution >= 0.6 is 0 Å². The standard InChI is InChI=1S/C19H21N3O3/c1-4-10-21-18(23)14-9-11-20-16(12-14)19(24)22-15-7-5-6-8-17(15)25-13(2)3/h4-9,11-13H,1,10H2,2-3H3,(H,21,23)(H,22,24). The number of anilines is 1. The average molecular weight is 339 g/mol. The van der Waals surface area contributed by atoms with E-state index in [0.717, 1.165) is 0 Å². The summed E-state index contributed by atoms with van der Waals surface area (Å²) in [5.41, 5.74) is 1.05. The Morgan fingerprint density at radius 3 is 2.72 bits per heavy atom. The molecule has 0 spiro atoms. The van der Waals surface area contributed by atoms with Gasteiger partial charge < -0.3 is 15.4 Å². The third kappa shape index (κ3) is 5.17. The Morgan fingerprint density at radius 2 is 2.00 bits per heavy atom. The van der Waals surface area contributed by atoms with Crippen LogP contribution in [0.3, 0.4) is 0 Å². The smallest absolute Gasteiger partial charge is 0.274 e. The fraction of sp³-hybridized carbons (Fsp3) is 0.211. The number of carbonyl (C=O) groups is 2. The maximum Gasteiger partial charge on any atom is 0.274 e. The van der Waals surface area contributed by atoms with E-state index >= 15 is 0 Å². The molecule has 1 aromatic heterocycles. The number of hydrogen-bond acceptors (Lipinski definition) is 4. The number of nitrogens with one attached hydrogen (secondary N) is 2. The average Bonchev–Trinajstić information content (AvgIpc) is 2.61. The van der Waals surface area contributed by atoms with E-state index < -0.39 is 5.91 Å². The highest BCUT2D eigenvalue weighted by Crippen LogP contribution is 2.25. The van der Waals surface area contributed by atoms with Crippen LogP contribution in [0.2, 0.25) is 0 Å². The van der Waals surface area contributed by atoms with Gasteiger partial charge in [-0.3, -0.25) is 14.6 Å². The molecule has 0 bridgehead atoms. The largest absolute Gasteiger partial charge is 0.489 e. The molecule has 0 radical (unpaired) electrons. The molecule has 0 fully saturated rings. The topological polar surface area (TPSA) is 80.3 Å². The van der Waals surface area contributed by atoms with Crippen LogP contribution in [-0.4, -0.2) is 29.4 Å². The lowest BCUT2D eigenvalue weighted by Gasteiger charge is -2.14. The zero-order valence-corrected chi connectivity index (χ0v) is 14.3. The van der Waals surface area contributed by atoms with Crippen LogP contribution in [0.5, 0.6) is 5.75 Å². The summed E-state index contributed by atoms with van der Waals surface area (Å²) in [4.78, 5) is 28.5. The number of aromatic nitrogens is 1. The third-order valence-corrected chi connectivity index (χ3v) is 3.16. The number of hydrogen-bond donors (Lipinski definition) is 2. The van der Waals surface area contributed by atoms with Crippen molar-refractivity contribution >= 4 is 17.5 Å². The SMILES string of the molecule is C=CCNC(=O)c1ccnc(C(=O)Nc2ccccc2OC(C)C)c1. The first kappa shape index (κ1) is 18.2. The number of nitrogens with zero attached hydrogens (tertiary/aromatic N) is 1. The van der Waals surface area contributed by atoms with Gasteiger partial charge in [0.1, 0.15) is 11.4 Å². The van der Waals surface area contributed by atoms with E-state index in [1.54, 1.807) is 30.3 Å². The Hall–Kier alpha value is -3.15. The normalized spacial score (nSPS) is 10.2. The van der Waals surface area contributed by atoms with Crippen molar-refractivity contribution in [3.05, 3.63) is 66.5 Å². The summed E-state index contributed by atoms with van der Waals surface area (Å²) in [6, 6.07) is 10.1. The number of rotatable bonds is 7. The molecule has 2 N–H and O–H groups in total. The highest BCUT2D eigenvalue weighted by atomic mass is 16.5. The van der Waals surface area contributed by atoms with E-state index in [-0.39, 0.29) is 17.7 Å². The third-order valence-electron chi connectivity index (χ3n) is 3.16. The molecule has 2 aromatic rings. The van der Waals surface area contributed by atoms with Crippen LogP contribution in [0.4, 0.5) is 5.69 Å². The molecule has 6 nitrogen and oxygen atoms in total. The number of carbonyl (C=O) groups excluding carboxylic acids is 2. The van der Waals surface area contributed by atoms with E-state index in [0.29, 0.717) is 23.5 Å². The molecule has 0 aliphatic carbocycles. The van der Waals surface area contributed by atoms with Crippen LogP contribution in [-0.2, 0) is 0 Å². The summed E-state index contributed by atoms with van der Waals surface area (Å²) in [6.45, 7) is 7.71. The van der Waals surface area contributed by atoms with Crippen LogP contribution in [0, 0.1) is 0 Å². The highest BCUT2D eigenvalue weighted by Gasteiger charge is 2.14. The van der Waals surface area contributed by atoms with Crippen molar-refractivity contribution in [2.24, 2.45) is 0 Å². The van der Waals surface area contributed by atoms with Crippen LogP contribution in [0.1, 0.15) is 34.7 Å². The molecule has 0 atom stereocenters. The monoisotopic (exact) mass is 339 g/mol. The van der Waals surface area contributed by atoms with Crippen molar-refractivity contribution in [1.82, 2.24) is 10.3 Å². The van der Waals surface area contributed by atoms with Gasteiger partial charge in [0.2, 0.25) is 0 Å². The minimum absolute atomic E-state index is 0.0203. The van der Waals surface area contributed by atoms with E-state index in [1.165, 1.54) is 12.3 Å². The molecular weight excluding hydrogens is 318 g/mol. The summed E-state index contributed by atoms with van der Waals surface area (Å²) in [6.07, 6.45) is 2.99. The summed E-state index contributed by atoms with van der Waals surface area (Å²) in [5.74, 6) is -0.135. The van der Waals surface area contributed by atoms with Gasteiger partial charge in [-0.25, -0.2) is 0 Å². The molecule has 0 saturated heterocycles. The predicted molar refractivity (Wildman–Crippen MR) is 96.9 cm³/mol. The van der Waals surface area contributed by atoms with Crippen molar-refractivity contribution in [3.63, 3.8) is 0 Å². The van der Waals surface area contributed by atoms with Gasteiger partial charge in [0.25, 0.3) is 11.8 Å². The van der Waals surface area contributed by atoms with Gasteiger partial charge in [-0.1, -0.05) is 18.2 Å². The number of pyridine rings is 1. The van der Waals surface area contributed by atoms with Gasteiger partial charge in [-0.15, -0.1) is 6.58 Å². The van der Waals surface area contributed by atoms with Gasteiger partial charge in [-0.2, -0.15) is 0 Å². The molecule has 130 valence electrons. The van der Waals surface area contributed by atoms with E-state index in [1.807, 2.05) is 19.9 Å². The summed E-state index contributed by atoms with van der Waals surface area (Å²) in [7, 11) is 0. The van der Waals surface area contributed by atoms with E-state index in [4.69, 9.17) is 4.74 Å². The second-order valence-electron chi connectivity index (χ2n) is 5.55. The minimum atomic E-state index is -0.418. The summed E-state index contributed by atoms with van der Waals surface area (Å²) in [5, 5.41) is 5.43.